The second-order valence-electron chi connectivity index (χ2n) is 5.74. The Hall–Kier alpha value is -3.59. The molecule has 0 radical (unpaired) electrons. The normalized spacial score (nSPS) is 9.97. The fraction of sp³-hybridized carbons (Fsp3) is 0.200. The van der Waals surface area contributed by atoms with E-state index < -0.39 is 37.0 Å². The molecule has 30 heavy (non-hydrogen) atoms. The summed E-state index contributed by atoms with van der Waals surface area (Å²) >= 11 is 5.81. The fourth-order valence-corrected chi connectivity index (χ4v) is 2.44. The molecule has 2 aromatic carbocycles. The van der Waals surface area contributed by atoms with Gasteiger partial charge in [-0.3, -0.25) is 4.79 Å². The Kier molecular flexibility index (Phi) is 8.18. The molecule has 10 heteroatoms. The first-order valence-electron chi connectivity index (χ1n) is 8.48. The molecule has 2 aromatic rings. The molecule has 158 valence electrons. The van der Waals surface area contributed by atoms with Gasteiger partial charge in [-0.25, -0.2) is 14.4 Å². The maximum Gasteiger partial charge on any atom is 0.344 e. The minimum atomic E-state index is -0.774. The lowest BCUT2D eigenvalue weighted by Crippen LogP contribution is -2.24. The summed E-state index contributed by atoms with van der Waals surface area (Å²) in [6.07, 6.45) is 0. The molecule has 0 fully saturated rings. The molecule has 2 rings (SSSR count). The van der Waals surface area contributed by atoms with Gasteiger partial charge in [0.2, 0.25) is 0 Å². The van der Waals surface area contributed by atoms with Crippen LogP contribution in [0.2, 0.25) is 5.02 Å². The molecule has 1 N–H and O–H groups in total. The number of methoxy groups -OCH3 is 2. The van der Waals surface area contributed by atoms with E-state index >= 15 is 0 Å². The molecule has 0 saturated carbocycles. The summed E-state index contributed by atoms with van der Waals surface area (Å²) < 4.78 is 19.3. The van der Waals surface area contributed by atoms with Crippen LogP contribution >= 0.6 is 11.6 Å². The summed E-state index contributed by atoms with van der Waals surface area (Å²) in [5, 5.41) is 2.87. The number of amides is 1. The highest BCUT2D eigenvalue weighted by molar-refractivity contribution is 6.30. The highest BCUT2D eigenvalue weighted by atomic mass is 35.5. The van der Waals surface area contributed by atoms with Crippen molar-refractivity contribution in [1.82, 2.24) is 0 Å². The van der Waals surface area contributed by atoms with Crippen LogP contribution in [0.4, 0.5) is 5.69 Å². The monoisotopic (exact) mass is 435 g/mol. The molecular formula is C20H18ClNO8. The molecule has 0 bridgehead atoms. The summed E-state index contributed by atoms with van der Waals surface area (Å²) in [6.45, 7) is -1.02. The first kappa shape index (κ1) is 22.7. The zero-order valence-corrected chi connectivity index (χ0v) is 16.9. The van der Waals surface area contributed by atoms with Crippen molar-refractivity contribution in [2.24, 2.45) is 0 Å². The molecule has 0 unspecified atom stereocenters. The third-order valence-corrected chi connectivity index (χ3v) is 3.81. The summed E-state index contributed by atoms with van der Waals surface area (Å²) in [7, 11) is 2.35. The number of carbonyl (C=O) groups excluding carboxylic acids is 4. The molecule has 0 aliphatic rings. The van der Waals surface area contributed by atoms with E-state index in [1.807, 2.05) is 0 Å². The van der Waals surface area contributed by atoms with Crippen LogP contribution in [0.5, 0.6) is 5.75 Å². The van der Waals surface area contributed by atoms with E-state index in [4.69, 9.17) is 21.1 Å². The first-order valence-corrected chi connectivity index (χ1v) is 8.85. The molecule has 0 aliphatic carbocycles. The van der Waals surface area contributed by atoms with Gasteiger partial charge >= 0.3 is 17.9 Å². The van der Waals surface area contributed by atoms with Crippen LogP contribution in [0.3, 0.4) is 0 Å². The highest BCUT2D eigenvalue weighted by Gasteiger charge is 2.16. The average molecular weight is 436 g/mol. The second kappa shape index (κ2) is 10.8. The quantitative estimate of drug-likeness (QED) is 0.496. The predicted octanol–water partition coefficient (Wildman–Crippen LogP) is 2.47. The number of carbonyl (C=O) groups is 4. The second-order valence-corrected chi connectivity index (χ2v) is 6.17. The van der Waals surface area contributed by atoms with Crippen molar-refractivity contribution in [2.75, 3.05) is 32.8 Å². The van der Waals surface area contributed by atoms with Crippen LogP contribution in [0, 0.1) is 0 Å². The lowest BCUT2D eigenvalue weighted by atomic mass is 10.1. The van der Waals surface area contributed by atoms with E-state index in [9.17, 15) is 19.2 Å². The number of ether oxygens (including phenoxy) is 4. The van der Waals surface area contributed by atoms with Crippen LogP contribution in [0.15, 0.2) is 42.5 Å². The predicted molar refractivity (Wildman–Crippen MR) is 106 cm³/mol. The van der Waals surface area contributed by atoms with Crippen LogP contribution in [-0.4, -0.2) is 51.2 Å². The minimum Gasteiger partial charge on any atom is -0.482 e. The van der Waals surface area contributed by atoms with Gasteiger partial charge in [0.05, 0.1) is 25.3 Å². The van der Waals surface area contributed by atoms with E-state index in [-0.39, 0.29) is 16.8 Å². The van der Waals surface area contributed by atoms with E-state index in [0.29, 0.717) is 10.8 Å². The number of benzene rings is 2. The average Bonchev–Trinajstić information content (AvgIpc) is 2.74. The van der Waals surface area contributed by atoms with Gasteiger partial charge in [-0.15, -0.1) is 0 Å². The number of hydrogen-bond donors (Lipinski definition) is 1. The Bertz CT molecular complexity index is 925. The van der Waals surface area contributed by atoms with Crippen LogP contribution in [0.1, 0.15) is 20.7 Å². The van der Waals surface area contributed by atoms with Crippen LogP contribution < -0.4 is 10.1 Å². The lowest BCUT2D eigenvalue weighted by molar-refractivity contribution is -0.149. The van der Waals surface area contributed by atoms with Crippen molar-refractivity contribution in [3.05, 3.63) is 58.6 Å². The Balaban J connectivity index is 1.94. The Labute approximate surface area is 176 Å². The van der Waals surface area contributed by atoms with E-state index in [0.717, 1.165) is 0 Å². The summed E-state index contributed by atoms with van der Waals surface area (Å²) in [4.78, 5) is 47.3. The first-order chi connectivity index (χ1) is 14.3. The third kappa shape index (κ3) is 6.78. The van der Waals surface area contributed by atoms with E-state index in [1.54, 1.807) is 18.2 Å². The highest BCUT2D eigenvalue weighted by Crippen LogP contribution is 2.18. The van der Waals surface area contributed by atoms with Crippen molar-refractivity contribution in [1.29, 1.82) is 0 Å². The van der Waals surface area contributed by atoms with Crippen LogP contribution in [0.25, 0.3) is 0 Å². The molecule has 0 heterocycles. The van der Waals surface area contributed by atoms with Crippen LogP contribution in [-0.2, 0) is 23.8 Å². The van der Waals surface area contributed by atoms with Gasteiger partial charge in [0.15, 0.2) is 13.2 Å². The molecule has 0 aromatic heterocycles. The molecular weight excluding hydrogens is 418 g/mol. The van der Waals surface area contributed by atoms with Gasteiger partial charge in [-0.05, 0) is 36.4 Å². The smallest absolute Gasteiger partial charge is 0.344 e. The maximum atomic E-state index is 12.1. The van der Waals surface area contributed by atoms with Crippen molar-refractivity contribution in [3.63, 3.8) is 0 Å². The van der Waals surface area contributed by atoms with Crippen molar-refractivity contribution in [3.8, 4) is 5.75 Å². The minimum absolute atomic E-state index is 0.0302. The molecule has 1 amide bonds. The Morgan fingerprint density at radius 2 is 1.53 bits per heavy atom. The zero-order valence-electron chi connectivity index (χ0n) is 16.1. The van der Waals surface area contributed by atoms with Gasteiger partial charge in [0.1, 0.15) is 5.75 Å². The standard InChI is InChI=1S/C20H18ClNO8/c1-27-19(25)12-6-13(20(26)28-2)8-15(7-12)22-17(23)10-30-18(24)11-29-16-5-3-4-14(21)9-16/h3-9H,10-11H2,1-2H3,(H,22,23). The van der Waals surface area contributed by atoms with Gasteiger partial charge < -0.3 is 24.3 Å². The largest absolute Gasteiger partial charge is 0.482 e. The Morgan fingerprint density at radius 3 is 2.10 bits per heavy atom. The van der Waals surface area contributed by atoms with E-state index in [1.165, 1.54) is 38.5 Å². The summed E-state index contributed by atoms with van der Waals surface area (Å²) in [5.74, 6) is -2.51. The third-order valence-electron chi connectivity index (χ3n) is 3.58. The van der Waals surface area contributed by atoms with Gasteiger partial charge in [0.25, 0.3) is 5.91 Å². The van der Waals surface area contributed by atoms with Gasteiger partial charge in [-0.1, -0.05) is 17.7 Å². The Morgan fingerprint density at radius 1 is 0.900 bits per heavy atom. The summed E-state index contributed by atoms with van der Waals surface area (Å²) in [5.41, 5.74) is 0.180. The number of anilines is 1. The number of rotatable bonds is 8. The maximum absolute atomic E-state index is 12.1. The summed E-state index contributed by atoms with van der Waals surface area (Å²) in [6, 6.07) is 10.3. The molecule has 9 nitrogen and oxygen atoms in total. The molecule has 0 saturated heterocycles. The zero-order chi connectivity index (χ0) is 22.1. The van der Waals surface area contributed by atoms with Crippen molar-refractivity contribution < 1.29 is 38.1 Å². The lowest BCUT2D eigenvalue weighted by Gasteiger charge is -2.10. The number of halogens is 1. The fourth-order valence-electron chi connectivity index (χ4n) is 2.25. The topological polar surface area (TPSA) is 117 Å². The van der Waals surface area contributed by atoms with Gasteiger partial charge in [0, 0.05) is 10.7 Å². The molecule has 0 spiro atoms. The van der Waals surface area contributed by atoms with Crippen molar-refractivity contribution >= 4 is 41.1 Å². The SMILES string of the molecule is COC(=O)c1cc(NC(=O)COC(=O)COc2cccc(Cl)c2)cc(C(=O)OC)c1. The van der Waals surface area contributed by atoms with Crippen molar-refractivity contribution in [2.45, 2.75) is 0 Å². The molecule has 0 aliphatic heterocycles. The van der Waals surface area contributed by atoms with E-state index in [2.05, 4.69) is 14.8 Å². The van der Waals surface area contributed by atoms with Gasteiger partial charge in [-0.2, -0.15) is 0 Å². The number of hydrogen-bond acceptors (Lipinski definition) is 8. The number of esters is 3. The number of nitrogens with one attached hydrogen (secondary N) is 1. The molecule has 0 atom stereocenters.